The molecule has 2 aromatic rings. The molecule has 0 bridgehead atoms. The Morgan fingerprint density at radius 2 is 1.58 bits per heavy atom. The van der Waals surface area contributed by atoms with E-state index < -0.39 is 34.0 Å². The summed E-state index contributed by atoms with van der Waals surface area (Å²) in [6.07, 6.45) is 3.41. The number of anilines is 1. The number of carbonyl (C=O) groups is 3. The first-order valence-electron chi connectivity index (χ1n) is 13.3. The predicted molar refractivity (Wildman–Crippen MR) is 159 cm³/mol. The van der Waals surface area contributed by atoms with Gasteiger partial charge in [-0.05, 0) is 70.5 Å². The van der Waals surface area contributed by atoms with Crippen LogP contribution in [0.15, 0.2) is 72.9 Å². The molecular formula is C32H32N2O9. The van der Waals surface area contributed by atoms with Gasteiger partial charge in [0.05, 0.1) is 22.9 Å². The van der Waals surface area contributed by atoms with Gasteiger partial charge in [0, 0.05) is 34.0 Å². The maximum atomic E-state index is 12.5. The molecule has 2 aliphatic heterocycles. The van der Waals surface area contributed by atoms with Gasteiger partial charge in [0.15, 0.2) is 11.5 Å². The number of carbonyl (C=O) groups excluding carboxylic acids is 3. The second kappa shape index (κ2) is 11.2. The van der Waals surface area contributed by atoms with E-state index in [0.717, 1.165) is 11.6 Å². The van der Waals surface area contributed by atoms with E-state index in [0.29, 0.717) is 11.3 Å². The monoisotopic (exact) mass is 588 g/mol. The van der Waals surface area contributed by atoms with Crippen molar-refractivity contribution < 1.29 is 38.3 Å². The van der Waals surface area contributed by atoms with E-state index >= 15 is 0 Å². The highest BCUT2D eigenvalue weighted by molar-refractivity contribution is 5.90. The van der Waals surface area contributed by atoms with Crippen molar-refractivity contribution in [2.24, 2.45) is 0 Å². The highest BCUT2D eigenvalue weighted by atomic mass is 16.6. The Morgan fingerprint density at radius 3 is 2.19 bits per heavy atom. The van der Waals surface area contributed by atoms with Gasteiger partial charge in [-0.25, -0.2) is 14.4 Å². The second-order valence-electron chi connectivity index (χ2n) is 11.0. The lowest BCUT2D eigenvalue weighted by molar-refractivity contribution is -0.385. The maximum absolute atomic E-state index is 12.5. The van der Waals surface area contributed by atoms with Crippen LogP contribution in [0.4, 0.5) is 11.4 Å². The summed E-state index contributed by atoms with van der Waals surface area (Å²) in [4.78, 5) is 49.9. The van der Waals surface area contributed by atoms with E-state index in [9.17, 15) is 24.5 Å². The summed E-state index contributed by atoms with van der Waals surface area (Å²) in [6, 6.07) is 7.56. The molecule has 0 aromatic heterocycles. The van der Waals surface area contributed by atoms with E-state index in [-0.39, 0.29) is 52.8 Å². The molecule has 1 atom stereocenters. The van der Waals surface area contributed by atoms with Crippen LogP contribution in [0.1, 0.15) is 45.7 Å². The third-order valence-electron chi connectivity index (χ3n) is 7.26. The van der Waals surface area contributed by atoms with E-state index in [1.54, 1.807) is 44.2 Å². The number of non-ortho nitro benzene ring substituents is 1. The fraction of sp³-hybridized carbons (Fsp3) is 0.281. The Hall–Kier alpha value is -5.19. The predicted octanol–water partition coefficient (Wildman–Crippen LogP) is 5.58. The van der Waals surface area contributed by atoms with E-state index in [2.05, 4.69) is 19.7 Å². The molecule has 2 heterocycles. The first kappa shape index (κ1) is 30.8. The minimum Gasteiger partial charge on any atom is -0.460 e. The van der Waals surface area contributed by atoms with Crippen molar-refractivity contribution in [3.8, 4) is 17.2 Å². The number of nitro groups is 1. The lowest BCUT2D eigenvalue weighted by Crippen LogP contribution is -2.60. The summed E-state index contributed by atoms with van der Waals surface area (Å²) in [5, 5.41) is 11.7. The van der Waals surface area contributed by atoms with Crippen molar-refractivity contribution in [1.82, 2.24) is 0 Å². The molecule has 43 heavy (non-hydrogen) atoms. The zero-order chi connectivity index (χ0) is 31.9. The number of rotatable bonds is 9. The Balaban J connectivity index is 1.85. The first-order valence-corrected chi connectivity index (χ1v) is 13.3. The molecule has 2 aromatic carbocycles. The summed E-state index contributed by atoms with van der Waals surface area (Å²) >= 11 is 0. The third kappa shape index (κ3) is 5.53. The number of benzene rings is 2. The van der Waals surface area contributed by atoms with Crippen LogP contribution in [0.5, 0.6) is 17.2 Å². The van der Waals surface area contributed by atoms with Crippen LogP contribution >= 0.6 is 0 Å². The number of nitro benzene ring substituents is 1. The average Bonchev–Trinajstić information content (AvgIpc) is 3.10. The van der Waals surface area contributed by atoms with Gasteiger partial charge >= 0.3 is 17.9 Å². The van der Waals surface area contributed by atoms with Crippen LogP contribution in [0.3, 0.4) is 0 Å². The second-order valence-corrected chi connectivity index (χ2v) is 11.0. The standard InChI is InChI=1S/C32H32N2O9/c1-18(2)28(35)40-14-13-33-25-10-9-23(41-29(36)19(3)4)17-24(25)31(7,8)32(33)12-11-21-15-22(34(38)39)16-26(27(21)43-32)42-30(37)20(5)6/h9-12,15-17H,1,3,5,13-14H2,2,4,6-8H3. The molecule has 0 amide bonds. The third-order valence-corrected chi connectivity index (χ3v) is 7.26. The van der Waals surface area contributed by atoms with Gasteiger partial charge in [0.1, 0.15) is 12.4 Å². The summed E-state index contributed by atoms with van der Waals surface area (Å²) in [6.45, 7) is 19.3. The average molecular weight is 589 g/mol. The van der Waals surface area contributed by atoms with Gasteiger partial charge < -0.3 is 23.8 Å². The molecule has 0 saturated carbocycles. The van der Waals surface area contributed by atoms with Crippen molar-refractivity contribution in [3.05, 3.63) is 94.1 Å². The van der Waals surface area contributed by atoms with Crippen LogP contribution in [0, 0.1) is 10.1 Å². The van der Waals surface area contributed by atoms with Crippen LogP contribution in [-0.4, -0.2) is 41.7 Å². The Kier molecular flexibility index (Phi) is 8.04. The summed E-state index contributed by atoms with van der Waals surface area (Å²) in [7, 11) is 0. The molecule has 0 N–H and O–H groups in total. The molecule has 1 spiro atoms. The molecule has 11 nitrogen and oxygen atoms in total. The maximum Gasteiger partial charge on any atom is 0.338 e. The van der Waals surface area contributed by atoms with Crippen LogP contribution in [0.2, 0.25) is 0 Å². The normalized spacial score (nSPS) is 17.3. The SMILES string of the molecule is C=C(C)C(=O)OCCN1c2ccc(OC(=O)C(=C)C)cc2C(C)(C)C12C=Cc1cc([N+](=O)[O-])cc(OC(=O)C(=C)C)c1O2. The molecule has 0 fully saturated rings. The fourth-order valence-electron chi connectivity index (χ4n) is 4.94. The topological polar surface area (TPSA) is 135 Å². The van der Waals surface area contributed by atoms with Crippen molar-refractivity contribution in [2.75, 3.05) is 18.1 Å². The number of fused-ring (bicyclic) bond motifs is 2. The number of hydrogen-bond acceptors (Lipinski definition) is 10. The van der Waals surface area contributed by atoms with Crippen molar-refractivity contribution in [1.29, 1.82) is 0 Å². The molecule has 2 aliphatic rings. The van der Waals surface area contributed by atoms with E-state index in [1.807, 2.05) is 18.7 Å². The number of ether oxygens (including phenoxy) is 4. The molecule has 0 aliphatic carbocycles. The summed E-state index contributed by atoms with van der Waals surface area (Å²) in [5.41, 5.74) is -0.161. The molecular weight excluding hydrogens is 556 g/mol. The van der Waals surface area contributed by atoms with Crippen LogP contribution < -0.4 is 19.1 Å². The van der Waals surface area contributed by atoms with Gasteiger partial charge in [0.2, 0.25) is 5.72 Å². The van der Waals surface area contributed by atoms with E-state index in [4.69, 9.17) is 18.9 Å². The van der Waals surface area contributed by atoms with Gasteiger partial charge in [-0.2, -0.15) is 0 Å². The molecule has 0 saturated heterocycles. The van der Waals surface area contributed by atoms with Crippen molar-refractivity contribution in [2.45, 2.75) is 45.8 Å². The van der Waals surface area contributed by atoms with E-state index in [1.165, 1.54) is 13.0 Å². The highest BCUT2D eigenvalue weighted by Crippen LogP contribution is 2.57. The Morgan fingerprint density at radius 1 is 0.953 bits per heavy atom. The molecule has 1 unspecified atom stereocenters. The van der Waals surface area contributed by atoms with Gasteiger partial charge in [-0.3, -0.25) is 10.1 Å². The smallest absolute Gasteiger partial charge is 0.338 e. The molecule has 11 heteroatoms. The summed E-state index contributed by atoms with van der Waals surface area (Å²) in [5.74, 6) is -1.68. The minimum atomic E-state index is -1.31. The quantitative estimate of drug-likeness (QED) is 0.120. The molecule has 4 rings (SSSR count). The van der Waals surface area contributed by atoms with Gasteiger partial charge in [-0.1, -0.05) is 19.7 Å². The Labute approximate surface area is 248 Å². The molecule has 224 valence electrons. The number of nitrogens with zero attached hydrogens (tertiary/aromatic N) is 2. The zero-order valence-electron chi connectivity index (χ0n) is 24.6. The van der Waals surface area contributed by atoms with Crippen molar-refractivity contribution >= 4 is 35.4 Å². The van der Waals surface area contributed by atoms with Crippen LogP contribution in [0.25, 0.3) is 6.08 Å². The lowest BCUT2D eigenvalue weighted by atomic mass is 9.76. The number of esters is 3. The molecule has 0 radical (unpaired) electrons. The fourth-order valence-corrected chi connectivity index (χ4v) is 4.94. The number of hydrogen-bond donors (Lipinski definition) is 0. The van der Waals surface area contributed by atoms with Crippen molar-refractivity contribution in [3.63, 3.8) is 0 Å². The zero-order valence-corrected chi connectivity index (χ0v) is 24.6. The van der Waals surface area contributed by atoms with Gasteiger partial charge in [-0.15, -0.1) is 0 Å². The minimum absolute atomic E-state index is 0.0306. The summed E-state index contributed by atoms with van der Waals surface area (Å²) < 4.78 is 23.1. The Bertz CT molecular complexity index is 1640. The lowest BCUT2D eigenvalue weighted by Gasteiger charge is -2.47. The van der Waals surface area contributed by atoms with Gasteiger partial charge in [0.25, 0.3) is 5.69 Å². The highest BCUT2D eigenvalue weighted by Gasteiger charge is 2.59. The van der Waals surface area contributed by atoms with Crippen LogP contribution in [-0.2, 0) is 24.5 Å². The largest absolute Gasteiger partial charge is 0.460 e. The first-order chi connectivity index (χ1) is 20.1.